The standard InChI is InChI=1S/C15H22N2O2/c1-3-17(13-7-5-12(16)6-8-13)14(18)11-15(19-2)9-4-10-15/h5-8H,3-4,9-11,16H2,1-2H3. The third kappa shape index (κ3) is 2.89. The molecular weight excluding hydrogens is 240 g/mol. The lowest BCUT2D eigenvalue weighted by Crippen LogP contribution is -2.45. The Balaban J connectivity index is 2.08. The molecule has 0 atom stereocenters. The number of ether oxygens (including phenoxy) is 1. The fourth-order valence-electron chi connectivity index (χ4n) is 2.55. The normalized spacial score (nSPS) is 16.7. The van der Waals surface area contributed by atoms with E-state index in [1.807, 2.05) is 31.2 Å². The van der Waals surface area contributed by atoms with Crippen molar-refractivity contribution in [3.8, 4) is 0 Å². The molecular formula is C15H22N2O2. The molecule has 1 aliphatic rings. The topological polar surface area (TPSA) is 55.6 Å². The molecule has 19 heavy (non-hydrogen) atoms. The number of hydrogen-bond acceptors (Lipinski definition) is 3. The zero-order chi connectivity index (χ0) is 13.9. The Labute approximate surface area is 114 Å². The molecule has 104 valence electrons. The van der Waals surface area contributed by atoms with Crippen LogP contribution in [-0.4, -0.2) is 25.2 Å². The molecule has 1 aromatic rings. The number of carbonyl (C=O) groups is 1. The van der Waals surface area contributed by atoms with Crippen LogP contribution in [0.3, 0.4) is 0 Å². The number of hydrogen-bond donors (Lipinski definition) is 1. The summed E-state index contributed by atoms with van der Waals surface area (Å²) in [6.45, 7) is 2.64. The molecule has 0 aliphatic heterocycles. The Bertz CT molecular complexity index is 432. The number of amides is 1. The molecule has 2 rings (SSSR count). The second-order valence-electron chi connectivity index (χ2n) is 5.15. The Kier molecular flexibility index (Phi) is 4.10. The predicted molar refractivity (Wildman–Crippen MR) is 77.1 cm³/mol. The summed E-state index contributed by atoms with van der Waals surface area (Å²) in [5, 5.41) is 0. The van der Waals surface area contributed by atoms with Crippen molar-refractivity contribution in [1.82, 2.24) is 0 Å². The Hall–Kier alpha value is -1.55. The van der Waals surface area contributed by atoms with E-state index in [0.29, 0.717) is 18.7 Å². The van der Waals surface area contributed by atoms with Crippen LogP contribution in [0.1, 0.15) is 32.6 Å². The molecule has 1 amide bonds. The van der Waals surface area contributed by atoms with Crippen LogP contribution in [0.2, 0.25) is 0 Å². The van der Waals surface area contributed by atoms with E-state index < -0.39 is 0 Å². The van der Waals surface area contributed by atoms with Crippen LogP contribution in [0.5, 0.6) is 0 Å². The quantitative estimate of drug-likeness (QED) is 0.830. The van der Waals surface area contributed by atoms with Crippen molar-refractivity contribution in [1.29, 1.82) is 0 Å². The molecule has 0 saturated heterocycles. The number of benzene rings is 1. The predicted octanol–water partition coefficient (Wildman–Crippen LogP) is 2.58. The first kappa shape index (κ1) is 13.9. The van der Waals surface area contributed by atoms with E-state index in [9.17, 15) is 4.79 Å². The van der Waals surface area contributed by atoms with Gasteiger partial charge in [-0.25, -0.2) is 0 Å². The summed E-state index contributed by atoms with van der Waals surface area (Å²) >= 11 is 0. The highest BCUT2D eigenvalue weighted by Crippen LogP contribution is 2.38. The molecule has 4 heteroatoms. The molecule has 1 fully saturated rings. The Morgan fingerprint density at radius 3 is 2.42 bits per heavy atom. The lowest BCUT2D eigenvalue weighted by molar-refractivity contribution is -0.131. The third-order valence-corrected chi connectivity index (χ3v) is 3.99. The van der Waals surface area contributed by atoms with Gasteiger partial charge in [-0.05, 0) is 50.5 Å². The number of nitrogens with two attached hydrogens (primary N) is 1. The second-order valence-corrected chi connectivity index (χ2v) is 5.15. The van der Waals surface area contributed by atoms with Gasteiger partial charge in [0.25, 0.3) is 0 Å². The molecule has 1 aliphatic carbocycles. The van der Waals surface area contributed by atoms with Crippen molar-refractivity contribution in [2.75, 3.05) is 24.3 Å². The van der Waals surface area contributed by atoms with Crippen molar-refractivity contribution in [3.63, 3.8) is 0 Å². The summed E-state index contributed by atoms with van der Waals surface area (Å²) in [5.41, 5.74) is 7.05. The van der Waals surface area contributed by atoms with Gasteiger partial charge in [0, 0.05) is 25.0 Å². The molecule has 2 N–H and O–H groups in total. The van der Waals surface area contributed by atoms with E-state index in [-0.39, 0.29) is 11.5 Å². The summed E-state index contributed by atoms with van der Waals surface area (Å²) in [6, 6.07) is 7.41. The summed E-state index contributed by atoms with van der Waals surface area (Å²) in [4.78, 5) is 14.2. The van der Waals surface area contributed by atoms with E-state index in [1.54, 1.807) is 12.0 Å². The highest BCUT2D eigenvalue weighted by atomic mass is 16.5. The second kappa shape index (κ2) is 5.61. The van der Waals surface area contributed by atoms with Crippen LogP contribution in [0, 0.1) is 0 Å². The first-order chi connectivity index (χ1) is 9.10. The lowest BCUT2D eigenvalue weighted by atomic mass is 9.77. The number of anilines is 2. The maximum absolute atomic E-state index is 12.4. The van der Waals surface area contributed by atoms with Gasteiger partial charge >= 0.3 is 0 Å². The SMILES string of the molecule is CCN(C(=O)CC1(OC)CCC1)c1ccc(N)cc1. The number of carbonyl (C=O) groups excluding carboxylic acids is 1. The van der Waals surface area contributed by atoms with Gasteiger partial charge in [0.2, 0.25) is 5.91 Å². The molecule has 0 aromatic heterocycles. The van der Waals surface area contributed by atoms with Crippen LogP contribution in [0.25, 0.3) is 0 Å². The highest BCUT2D eigenvalue weighted by Gasteiger charge is 2.40. The van der Waals surface area contributed by atoms with E-state index in [2.05, 4.69) is 0 Å². The first-order valence-electron chi connectivity index (χ1n) is 6.81. The Morgan fingerprint density at radius 1 is 1.37 bits per heavy atom. The zero-order valence-electron chi connectivity index (χ0n) is 11.7. The van der Waals surface area contributed by atoms with Crippen LogP contribution in [-0.2, 0) is 9.53 Å². The van der Waals surface area contributed by atoms with E-state index in [4.69, 9.17) is 10.5 Å². The van der Waals surface area contributed by atoms with E-state index in [0.717, 1.165) is 24.9 Å². The van der Waals surface area contributed by atoms with Crippen molar-refractivity contribution in [2.45, 2.75) is 38.2 Å². The summed E-state index contributed by atoms with van der Waals surface area (Å²) in [6.07, 6.45) is 3.57. The molecule has 1 saturated carbocycles. The number of nitrogen functional groups attached to an aromatic ring is 1. The van der Waals surface area contributed by atoms with Crippen molar-refractivity contribution in [2.24, 2.45) is 0 Å². The minimum absolute atomic E-state index is 0.119. The van der Waals surface area contributed by atoms with Gasteiger partial charge in [0.05, 0.1) is 12.0 Å². The lowest BCUT2D eigenvalue weighted by Gasteiger charge is -2.41. The van der Waals surface area contributed by atoms with Gasteiger partial charge in [-0.1, -0.05) is 0 Å². The van der Waals surface area contributed by atoms with Gasteiger partial charge in [-0.3, -0.25) is 4.79 Å². The van der Waals surface area contributed by atoms with Gasteiger partial charge in [-0.15, -0.1) is 0 Å². The van der Waals surface area contributed by atoms with Crippen LogP contribution < -0.4 is 10.6 Å². The van der Waals surface area contributed by atoms with E-state index in [1.165, 1.54) is 0 Å². The number of methoxy groups -OCH3 is 1. The van der Waals surface area contributed by atoms with Crippen molar-refractivity contribution in [3.05, 3.63) is 24.3 Å². The van der Waals surface area contributed by atoms with Crippen LogP contribution in [0.15, 0.2) is 24.3 Å². The molecule has 4 nitrogen and oxygen atoms in total. The molecule has 0 bridgehead atoms. The maximum Gasteiger partial charge on any atom is 0.229 e. The largest absolute Gasteiger partial charge is 0.399 e. The fraction of sp³-hybridized carbons (Fsp3) is 0.533. The molecule has 0 radical (unpaired) electrons. The molecule has 1 aromatic carbocycles. The monoisotopic (exact) mass is 262 g/mol. The third-order valence-electron chi connectivity index (χ3n) is 3.99. The van der Waals surface area contributed by atoms with E-state index >= 15 is 0 Å². The minimum atomic E-state index is -0.224. The summed E-state index contributed by atoms with van der Waals surface area (Å²) in [7, 11) is 1.70. The van der Waals surface area contributed by atoms with Crippen LogP contribution in [0.4, 0.5) is 11.4 Å². The van der Waals surface area contributed by atoms with Gasteiger partial charge < -0.3 is 15.4 Å². The van der Waals surface area contributed by atoms with Crippen molar-refractivity contribution >= 4 is 17.3 Å². The zero-order valence-corrected chi connectivity index (χ0v) is 11.7. The highest BCUT2D eigenvalue weighted by molar-refractivity contribution is 5.94. The van der Waals surface area contributed by atoms with Gasteiger partial charge in [0.1, 0.15) is 0 Å². The first-order valence-corrected chi connectivity index (χ1v) is 6.81. The van der Waals surface area contributed by atoms with Crippen molar-refractivity contribution < 1.29 is 9.53 Å². The average Bonchev–Trinajstić information content (AvgIpc) is 2.37. The van der Waals surface area contributed by atoms with Gasteiger partial charge in [-0.2, -0.15) is 0 Å². The van der Waals surface area contributed by atoms with Gasteiger partial charge in [0.15, 0.2) is 0 Å². The molecule has 0 spiro atoms. The number of nitrogens with zero attached hydrogens (tertiary/aromatic N) is 1. The fourth-order valence-corrected chi connectivity index (χ4v) is 2.55. The van der Waals surface area contributed by atoms with Crippen LogP contribution >= 0.6 is 0 Å². The minimum Gasteiger partial charge on any atom is -0.399 e. The summed E-state index contributed by atoms with van der Waals surface area (Å²) < 4.78 is 5.53. The smallest absolute Gasteiger partial charge is 0.229 e. The number of rotatable bonds is 5. The maximum atomic E-state index is 12.4. The summed E-state index contributed by atoms with van der Waals surface area (Å²) in [5.74, 6) is 0.119. The molecule has 0 unspecified atom stereocenters. The molecule has 0 heterocycles. The Morgan fingerprint density at radius 2 is 2.00 bits per heavy atom. The average molecular weight is 262 g/mol.